The number of hydrogen-bond acceptors (Lipinski definition) is 2. The summed E-state index contributed by atoms with van der Waals surface area (Å²) in [7, 11) is 0. The van der Waals surface area contributed by atoms with E-state index in [1.165, 1.54) is 5.56 Å². The van der Waals surface area contributed by atoms with E-state index in [0.717, 1.165) is 10.0 Å². The summed E-state index contributed by atoms with van der Waals surface area (Å²) in [5.41, 5.74) is 8.10. The standard InChI is InChI=1S/C10H14BrNO.ClH/c1-7-2-3-8(6-9(7)11)10(12)4-5-13;/h2-3,6,10,13H,4-5,12H2,1H3;1H/t10-;/m0./s1. The van der Waals surface area contributed by atoms with Crippen molar-refractivity contribution in [3.8, 4) is 0 Å². The van der Waals surface area contributed by atoms with Crippen LogP contribution in [-0.4, -0.2) is 11.7 Å². The highest BCUT2D eigenvalue weighted by Crippen LogP contribution is 2.21. The molecule has 0 aliphatic carbocycles. The molecule has 0 aliphatic heterocycles. The molecular weight excluding hydrogens is 265 g/mol. The van der Waals surface area contributed by atoms with Crippen molar-refractivity contribution in [3.63, 3.8) is 0 Å². The van der Waals surface area contributed by atoms with Gasteiger partial charge in [-0.3, -0.25) is 0 Å². The predicted octanol–water partition coefficient (Wildman–Crippen LogP) is 2.56. The van der Waals surface area contributed by atoms with Crippen molar-refractivity contribution < 1.29 is 5.11 Å². The monoisotopic (exact) mass is 279 g/mol. The molecule has 0 amide bonds. The molecule has 1 aromatic carbocycles. The van der Waals surface area contributed by atoms with Crippen LogP contribution in [0.5, 0.6) is 0 Å². The first-order valence-electron chi connectivity index (χ1n) is 4.27. The fraction of sp³-hybridized carbons (Fsp3) is 0.400. The van der Waals surface area contributed by atoms with E-state index in [4.69, 9.17) is 10.8 Å². The van der Waals surface area contributed by atoms with Gasteiger partial charge in [0, 0.05) is 17.1 Å². The number of aryl methyl sites for hydroxylation is 1. The van der Waals surface area contributed by atoms with Gasteiger partial charge >= 0.3 is 0 Å². The number of benzene rings is 1. The number of nitrogens with two attached hydrogens (primary N) is 1. The smallest absolute Gasteiger partial charge is 0.0449 e. The summed E-state index contributed by atoms with van der Waals surface area (Å²) in [6, 6.07) is 5.97. The lowest BCUT2D eigenvalue weighted by Crippen LogP contribution is -2.11. The van der Waals surface area contributed by atoms with Crippen molar-refractivity contribution in [2.75, 3.05) is 6.61 Å². The molecule has 1 aromatic rings. The molecule has 0 aliphatic rings. The van der Waals surface area contributed by atoms with Crippen LogP contribution in [-0.2, 0) is 0 Å². The average molecular weight is 281 g/mol. The molecule has 0 aromatic heterocycles. The van der Waals surface area contributed by atoms with Crippen molar-refractivity contribution >= 4 is 28.3 Å². The first-order chi connectivity index (χ1) is 6.15. The Morgan fingerprint density at radius 3 is 2.64 bits per heavy atom. The van der Waals surface area contributed by atoms with Crippen LogP contribution >= 0.6 is 28.3 Å². The van der Waals surface area contributed by atoms with Crippen LogP contribution < -0.4 is 5.73 Å². The minimum atomic E-state index is -0.0677. The highest BCUT2D eigenvalue weighted by molar-refractivity contribution is 9.10. The van der Waals surface area contributed by atoms with E-state index < -0.39 is 0 Å². The second-order valence-electron chi connectivity index (χ2n) is 3.13. The van der Waals surface area contributed by atoms with Gasteiger partial charge in [-0.05, 0) is 30.5 Å². The molecule has 1 rings (SSSR count). The minimum Gasteiger partial charge on any atom is -0.396 e. The molecule has 0 spiro atoms. The second kappa shape index (κ2) is 6.40. The molecule has 0 bridgehead atoms. The summed E-state index contributed by atoms with van der Waals surface area (Å²) in [4.78, 5) is 0. The van der Waals surface area contributed by atoms with Crippen LogP contribution in [0, 0.1) is 6.92 Å². The van der Waals surface area contributed by atoms with Gasteiger partial charge in [0.1, 0.15) is 0 Å². The zero-order valence-corrected chi connectivity index (χ0v) is 10.4. The molecule has 4 heteroatoms. The lowest BCUT2D eigenvalue weighted by atomic mass is 10.0. The van der Waals surface area contributed by atoms with Gasteiger partial charge in [0.15, 0.2) is 0 Å². The van der Waals surface area contributed by atoms with Gasteiger partial charge in [0.25, 0.3) is 0 Å². The van der Waals surface area contributed by atoms with Gasteiger partial charge < -0.3 is 10.8 Å². The Labute approximate surface area is 99.0 Å². The maximum absolute atomic E-state index is 8.73. The molecule has 80 valence electrons. The molecule has 1 atom stereocenters. The van der Waals surface area contributed by atoms with Gasteiger partial charge in [0.2, 0.25) is 0 Å². The Balaban J connectivity index is 0.00000169. The van der Waals surface area contributed by atoms with Gasteiger partial charge in [-0.25, -0.2) is 0 Å². The van der Waals surface area contributed by atoms with E-state index in [9.17, 15) is 0 Å². The summed E-state index contributed by atoms with van der Waals surface area (Å²) < 4.78 is 1.07. The fourth-order valence-corrected chi connectivity index (χ4v) is 1.54. The highest BCUT2D eigenvalue weighted by Gasteiger charge is 2.05. The van der Waals surface area contributed by atoms with E-state index in [-0.39, 0.29) is 25.1 Å². The number of aliphatic hydroxyl groups is 1. The Morgan fingerprint density at radius 1 is 1.50 bits per heavy atom. The molecule has 2 nitrogen and oxygen atoms in total. The minimum absolute atomic E-state index is 0. The molecule has 0 radical (unpaired) electrons. The Hall–Kier alpha value is -0.0900. The number of hydrogen-bond donors (Lipinski definition) is 2. The molecule has 0 saturated carbocycles. The van der Waals surface area contributed by atoms with Crippen LogP contribution in [0.15, 0.2) is 22.7 Å². The molecule has 14 heavy (non-hydrogen) atoms. The van der Waals surface area contributed by atoms with E-state index >= 15 is 0 Å². The molecule has 0 fully saturated rings. The molecule has 0 heterocycles. The predicted molar refractivity (Wildman–Crippen MR) is 64.8 cm³/mol. The molecular formula is C10H15BrClNO. The topological polar surface area (TPSA) is 46.2 Å². The zero-order valence-electron chi connectivity index (χ0n) is 8.03. The summed E-state index contributed by atoms with van der Waals surface area (Å²) in [5.74, 6) is 0. The van der Waals surface area contributed by atoms with Crippen molar-refractivity contribution in [3.05, 3.63) is 33.8 Å². The number of aliphatic hydroxyl groups excluding tert-OH is 1. The normalized spacial score (nSPS) is 12.0. The van der Waals surface area contributed by atoms with Crippen LogP contribution in [0.25, 0.3) is 0 Å². The maximum atomic E-state index is 8.73. The molecule has 0 saturated heterocycles. The maximum Gasteiger partial charge on any atom is 0.0449 e. The third-order valence-electron chi connectivity index (χ3n) is 2.06. The largest absolute Gasteiger partial charge is 0.396 e. The van der Waals surface area contributed by atoms with Crippen molar-refractivity contribution in [1.29, 1.82) is 0 Å². The summed E-state index contributed by atoms with van der Waals surface area (Å²) in [6.07, 6.45) is 0.607. The number of rotatable bonds is 3. The Kier molecular flexibility index (Phi) is 6.36. The van der Waals surface area contributed by atoms with Crippen LogP contribution in [0.2, 0.25) is 0 Å². The summed E-state index contributed by atoms with van der Waals surface area (Å²) in [5, 5.41) is 8.73. The third kappa shape index (κ3) is 3.58. The van der Waals surface area contributed by atoms with E-state index in [0.29, 0.717) is 6.42 Å². The Morgan fingerprint density at radius 2 is 2.14 bits per heavy atom. The highest BCUT2D eigenvalue weighted by atomic mass is 79.9. The van der Waals surface area contributed by atoms with Crippen LogP contribution in [0.1, 0.15) is 23.6 Å². The molecule has 0 unspecified atom stereocenters. The van der Waals surface area contributed by atoms with Gasteiger partial charge in [-0.15, -0.1) is 12.4 Å². The van der Waals surface area contributed by atoms with Crippen molar-refractivity contribution in [2.24, 2.45) is 5.73 Å². The van der Waals surface area contributed by atoms with Crippen LogP contribution in [0.3, 0.4) is 0 Å². The Bertz CT molecular complexity index is 293. The average Bonchev–Trinajstić information content (AvgIpc) is 2.10. The lowest BCUT2D eigenvalue weighted by molar-refractivity contribution is 0.276. The third-order valence-corrected chi connectivity index (χ3v) is 2.92. The SMILES string of the molecule is Cc1ccc([C@@H](N)CCO)cc1Br.Cl. The first kappa shape index (κ1) is 13.9. The summed E-state index contributed by atoms with van der Waals surface area (Å²) in [6.45, 7) is 2.16. The van der Waals surface area contributed by atoms with Crippen LogP contribution in [0.4, 0.5) is 0 Å². The summed E-state index contributed by atoms with van der Waals surface area (Å²) >= 11 is 3.45. The quantitative estimate of drug-likeness (QED) is 0.894. The zero-order chi connectivity index (χ0) is 9.84. The van der Waals surface area contributed by atoms with E-state index in [2.05, 4.69) is 15.9 Å². The van der Waals surface area contributed by atoms with Gasteiger partial charge in [-0.1, -0.05) is 28.1 Å². The van der Waals surface area contributed by atoms with E-state index in [1.54, 1.807) is 0 Å². The second-order valence-corrected chi connectivity index (χ2v) is 3.98. The van der Waals surface area contributed by atoms with Crippen molar-refractivity contribution in [1.82, 2.24) is 0 Å². The molecule has 3 N–H and O–H groups in total. The van der Waals surface area contributed by atoms with Crippen molar-refractivity contribution in [2.45, 2.75) is 19.4 Å². The number of halogens is 2. The van der Waals surface area contributed by atoms with E-state index in [1.807, 2.05) is 25.1 Å². The van der Waals surface area contributed by atoms with Gasteiger partial charge in [-0.2, -0.15) is 0 Å². The fourth-order valence-electron chi connectivity index (χ4n) is 1.15. The van der Waals surface area contributed by atoms with Gasteiger partial charge in [0.05, 0.1) is 0 Å². The lowest BCUT2D eigenvalue weighted by Gasteiger charge is -2.11. The first-order valence-corrected chi connectivity index (χ1v) is 5.07.